The number of nitrogens with zero attached hydrogens (tertiary/aromatic N) is 2. The Kier molecular flexibility index (Phi) is 5.28. The predicted octanol–water partition coefficient (Wildman–Crippen LogP) is 1.48. The number of thiophene rings is 1. The monoisotopic (exact) mass is 296 g/mol. The van der Waals surface area contributed by atoms with Gasteiger partial charge in [0.05, 0.1) is 18.1 Å². The van der Waals surface area contributed by atoms with Crippen molar-refractivity contribution in [2.24, 2.45) is 0 Å². The summed E-state index contributed by atoms with van der Waals surface area (Å²) < 4.78 is 10.3. The Bertz CT molecular complexity index is 538. The molecule has 0 spiro atoms. The Morgan fingerprint density at radius 1 is 1.55 bits per heavy atom. The van der Waals surface area contributed by atoms with Crippen molar-refractivity contribution in [3.63, 3.8) is 0 Å². The molecule has 2 aromatic heterocycles. The quantitative estimate of drug-likeness (QED) is 0.837. The van der Waals surface area contributed by atoms with Crippen LogP contribution < -0.4 is 0 Å². The van der Waals surface area contributed by atoms with E-state index in [9.17, 15) is 4.79 Å². The topological polar surface area (TPSA) is 75.8 Å². The number of carbonyl (C=O) groups is 1. The highest BCUT2D eigenvalue weighted by molar-refractivity contribution is 7.13. The zero-order chi connectivity index (χ0) is 14.4. The summed E-state index contributed by atoms with van der Waals surface area (Å²) in [7, 11) is 1.56. The van der Waals surface area contributed by atoms with Crippen LogP contribution in [-0.2, 0) is 4.74 Å². The molecule has 2 heterocycles. The third kappa shape index (κ3) is 3.24. The summed E-state index contributed by atoms with van der Waals surface area (Å²) in [6.07, 6.45) is 1.26. The summed E-state index contributed by atoms with van der Waals surface area (Å²) in [5, 5.41) is 11.0. The van der Waals surface area contributed by atoms with Crippen LogP contribution in [0, 0.1) is 0 Å². The van der Waals surface area contributed by atoms with Gasteiger partial charge in [-0.15, -0.1) is 11.3 Å². The number of hydrogen-bond donors (Lipinski definition) is 1. The largest absolute Gasteiger partial charge is 0.442 e. The molecule has 7 heteroatoms. The van der Waals surface area contributed by atoms with E-state index in [0.29, 0.717) is 18.9 Å². The summed E-state index contributed by atoms with van der Waals surface area (Å²) in [6, 6.07) is 3.75. The van der Waals surface area contributed by atoms with Crippen molar-refractivity contribution < 1.29 is 19.1 Å². The zero-order valence-corrected chi connectivity index (χ0v) is 11.9. The molecule has 0 aliphatic rings. The van der Waals surface area contributed by atoms with Crippen LogP contribution in [-0.4, -0.2) is 54.3 Å². The first-order valence-corrected chi connectivity index (χ1v) is 7.02. The van der Waals surface area contributed by atoms with Crippen LogP contribution in [0.25, 0.3) is 10.6 Å². The fourth-order valence-electron chi connectivity index (χ4n) is 1.77. The number of aromatic nitrogens is 1. The predicted molar refractivity (Wildman–Crippen MR) is 74.7 cm³/mol. The van der Waals surface area contributed by atoms with E-state index in [2.05, 4.69) is 4.98 Å². The van der Waals surface area contributed by atoms with Gasteiger partial charge in [0.15, 0.2) is 17.8 Å². The van der Waals surface area contributed by atoms with E-state index < -0.39 is 0 Å². The van der Waals surface area contributed by atoms with Crippen molar-refractivity contribution in [3.8, 4) is 10.6 Å². The molecule has 1 amide bonds. The summed E-state index contributed by atoms with van der Waals surface area (Å²) in [4.78, 5) is 18.8. The molecular formula is C13H16N2O4S. The lowest BCUT2D eigenvalue weighted by atomic mass is 10.2. The van der Waals surface area contributed by atoms with Crippen LogP contribution in [0.4, 0.5) is 0 Å². The third-order valence-corrected chi connectivity index (χ3v) is 3.61. The molecule has 0 bridgehead atoms. The summed E-state index contributed by atoms with van der Waals surface area (Å²) >= 11 is 1.48. The van der Waals surface area contributed by atoms with Crippen molar-refractivity contribution in [1.29, 1.82) is 0 Å². The Morgan fingerprint density at radius 3 is 3.05 bits per heavy atom. The molecule has 0 atom stereocenters. The Morgan fingerprint density at radius 2 is 2.40 bits per heavy atom. The summed E-state index contributed by atoms with van der Waals surface area (Å²) in [5.74, 6) is 0.193. The molecule has 0 saturated carbocycles. The van der Waals surface area contributed by atoms with Gasteiger partial charge < -0.3 is 19.2 Å². The molecule has 0 unspecified atom stereocenters. The number of methoxy groups -OCH3 is 1. The van der Waals surface area contributed by atoms with Gasteiger partial charge >= 0.3 is 0 Å². The van der Waals surface area contributed by atoms with E-state index in [4.69, 9.17) is 14.3 Å². The molecular weight excluding hydrogens is 280 g/mol. The van der Waals surface area contributed by atoms with Crippen LogP contribution in [0.5, 0.6) is 0 Å². The Balaban J connectivity index is 2.21. The molecule has 2 aromatic rings. The van der Waals surface area contributed by atoms with Crippen LogP contribution in [0.2, 0.25) is 0 Å². The van der Waals surface area contributed by atoms with Gasteiger partial charge in [0.1, 0.15) is 0 Å². The number of hydrogen-bond acceptors (Lipinski definition) is 6. The van der Waals surface area contributed by atoms with E-state index in [1.54, 1.807) is 7.11 Å². The zero-order valence-electron chi connectivity index (χ0n) is 11.1. The van der Waals surface area contributed by atoms with Crippen molar-refractivity contribution in [2.75, 3.05) is 33.4 Å². The number of ether oxygens (including phenoxy) is 1. The third-order valence-electron chi connectivity index (χ3n) is 2.74. The van der Waals surface area contributed by atoms with Gasteiger partial charge in [0, 0.05) is 20.2 Å². The number of amides is 1. The molecule has 6 nitrogen and oxygen atoms in total. The van der Waals surface area contributed by atoms with Crippen LogP contribution in [0.15, 0.2) is 28.3 Å². The maximum Gasteiger partial charge on any atom is 0.276 e. The average Bonchev–Trinajstić information content (AvgIpc) is 3.11. The standard InChI is InChI=1S/C13H16N2O4S/c1-18-7-5-15(4-6-16)13(17)11-12(19-9-14-11)10-3-2-8-20-10/h2-3,8-9,16H,4-7H2,1H3. The molecule has 0 fully saturated rings. The first-order valence-electron chi connectivity index (χ1n) is 6.14. The van der Waals surface area contributed by atoms with E-state index in [1.165, 1.54) is 22.6 Å². The number of aliphatic hydroxyl groups excluding tert-OH is 1. The van der Waals surface area contributed by atoms with Crippen molar-refractivity contribution in [2.45, 2.75) is 0 Å². The van der Waals surface area contributed by atoms with E-state index in [-0.39, 0.29) is 24.8 Å². The first kappa shape index (κ1) is 14.7. The van der Waals surface area contributed by atoms with Gasteiger partial charge in [-0.25, -0.2) is 4.98 Å². The Hall–Kier alpha value is -1.70. The summed E-state index contributed by atoms with van der Waals surface area (Å²) in [5.41, 5.74) is 0.261. The maximum absolute atomic E-state index is 12.5. The minimum Gasteiger partial charge on any atom is -0.442 e. The van der Waals surface area contributed by atoms with Gasteiger partial charge in [-0.3, -0.25) is 4.79 Å². The minimum atomic E-state index is -0.270. The fourth-order valence-corrected chi connectivity index (χ4v) is 2.48. The van der Waals surface area contributed by atoms with Crippen LogP contribution in [0.1, 0.15) is 10.5 Å². The van der Waals surface area contributed by atoms with Gasteiger partial charge in [0.25, 0.3) is 5.91 Å². The first-order chi connectivity index (χ1) is 9.77. The lowest BCUT2D eigenvalue weighted by Crippen LogP contribution is -2.36. The second kappa shape index (κ2) is 7.18. The molecule has 0 aliphatic carbocycles. The molecule has 0 aromatic carbocycles. The van der Waals surface area contributed by atoms with E-state index >= 15 is 0 Å². The minimum absolute atomic E-state index is 0.109. The fraction of sp³-hybridized carbons (Fsp3) is 0.385. The number of aliphatic hydroxyl groups is 1. The van der Waals surface area contributed by atoms with Crippen LogP contribution >= 0.6 is 11.3 Å². The maximum atomic E-state index is 12.5. The average molecular weight is 296 g/mol. The molecule has 108 valence electrons. The van der Waals surface area contributed by atoms with E-state index in [0.717, 1.165) is 4.88 Å². The lowest BCUT2D eigenvalue weighted by molar-refractivity contribution is 0.0652. The number of rotatable bonds is 7. The smallest absolute Gasteiger partial charge is 0.276 e. The Labute approximate surface area is 120 Å². The molecule has 0 radical (unpaired) electrons. The van der Waals surface area contributed by atoms with Gasteiger partial charge in [-0.1, -0.05) is 6.07 Å². The van der Waals surface area contributed by atoms with Gasteiger partial charge in [0.2, 0.25) is 0 Å². The molecule has 0 saturated heterocycles. The normalized spacial score (nSPS) is 10.7. The molecule has 1 N–H and O–H groups in total. The lowest BCUT2D eigenvalue weighted by Gasteiger charge is -2.20. The van der Waals surface area contributed by atoms with Crippen molar-refractivity contribution in [3.05, 3.63) is 29.6 Å². The SMILES string of the molecule is COCCN(CCO)C(=O)c1ncoc1-c1cccs1. The number of oxazole rings is 1. The molecule has 2 rings (SSSR count). The van der Waals surface area contributed by atoms with Gasteiger partial charge in [-0.2, -0.15) is 0 Å². The number of carbonyl (C=O) groups excluding carboxylic acids is 1. The van der Waals surface area contributed by atoms with Crippen molar-refractivity contribution in [1.82, 2.24) is 9.88 Å². The molecule has 20 heavy (non-hydrogen) atoms. The molecule has 0 aliphatic heterocycles. The van der Waals surface area contributed by atoms with Gasteiger partial charge in [-0.05, 0) is 11.4 Å². The second-order valence-electron chi connectivity index (χ2n) is 4.02. The van der Waals surface area contributed by atoms with Crippen molar-refractivity contribution >= 4 is 17.2 Å². The second-order valence-corrected chi connectivity index (χ2v) is 4.96. The van der Waals surface area contributed by atoms with E-state index in [1.807, 2.05) is 17.5 Å². The van der Waals surface area contributed by atoms with Crippen LogP contribution in [0.3, 0.4) is 0 Å². The summed E-state index contributed by atoms with van der Waals surface area (Å²) in [6.45, 7) is 0.922. The highest BCUT2D eigenvalue weighted by Gasteiger charge is 2.23. The highest BCUT2D eigenvalue weighted by atomic mass is 32.1. The highest BCUT2D eigenvalue weighted by Crippen LogP contribution is 2.28.